The Morgan fingerprint density at radius 1 is 1.37 bits per heavy atom. The predicted octanol–water partition coefficient (Wildman–Crippen LogP) is 3.65. The summed E-state index contributed by atoms with van der Waals surface area (Å²) in [5, 5.41) is 5.63. The number of piperidine rings is 1. The average molecular weight is 394 g/mol. The largest absolute Gasteiger partial charge is 0.376 e. The summed E-state index contributed by atoms with van der Waals surface area (Å²) in [6.07, 6.45) is 5.13. The highest BCUT2D eigenvalue weighted by molar-refractivity contribution is 7.10. The molecule has 1 unspecified atom stereocenters. The molecule has 27 heavy (non-hydrogen) atoms. The van der Waals surface area contributed by atoms with Gasteiger partial charge in [-0.2, -0.15) is 0 Å². The van der Waals surface area contributed by atoms with Gasteiger partial charge >= 0.3 is 0 Å². The van der Waals surface area contributed by atoms with Gasteiger partial charge in [-0.05, 0) is 44.1 Å². The lowest BCUT2D eigenvalue weighted by atomic mass is 9.92. The van der Waals surface area contributed by atoms with Gasteiger partial charge in [0.25, 0.3) is 0 Å². The van der Waals surface area contributed by atoms with E-state index in [4.69, 9.17) is 14.5 Å². The Morgan fingerprint density at radius 2 is 2.19 bits per heavy atom. The normalized spacial score (nSPS) is 22.4. The number of hydrogen-bond donors (Lipinski definition) is 1. The third kappa shape index (κ3) is 5.93. The molecule has 0 spiro atoms. The number of hydrogen-bond acceptors (Lipinski definition) is 4. The second kappa shape index (κ2) is 9.89. The summed E-state index contributed by atoms with van der Waals surface area (Å²) >= 11 is 1.82. The van der Waals surface area contributed by atoms with Gasteiger partial charge in [0, 0.05) is 36.5 Å². The third-order valence-corrected chi connectivity index (χ3v) is 6.67. The van der Waals surface area contributed by atoms with Crippen LogP contribution in [0, 0.1) is 0 Å². The Labute approximate surface area is 168 Å². The van der Waals surface area contributed by atoms with Gasteiger partial charge in [-0.25, -0.2) is 0 Å². The summed E-state index contributed by atoms with van der Waals surface area (Å²) in [6.45, 7) is 12.0. The molecule has 1 aromatic rings. The number of nitrogens with one attached hydrogen (secondary N) is 1. The molecule has 2 aliphatic heterocycles. The first-order valence-corrected chi connectivity index (χ1v) is 11.3. The summed E-state index contributed by atoms with van der Waals surface area (Å²) in [5.41, 5.74) is 0.0670. The first kappa shape index (κ1) is 20.6. The maximum Gasteiger partial charge on any atom is 0.193 e. The summed E-state index contributed by atoms with van der Waals surface area (Å²) in [5.74, 6) is 1.04. The van der Waals surface area contributed by atoms with Crippen LogP contribution in [-0.4, -0.2) is 62.5 Å². The van der Waals surface area contributed by atoms with Crippen LogP contribution in [-0.2, 0) is 14.9 Å². The highest BCUT2D eigenvalue weighted by Gasteiger charge is 2.26. The molecule has 0 amide bonds. The van der Waals surface area contributed by atoms with E-state index in [2.05, 4.69) is 48.5 Å². The molecule has 6 heteroatoms. The fourth-order valence-electron chi connectivity index (χ4n) is 3.69. The molecule has 0 saturated carbocycles. The van der Waals surface area contributed by atoms with Crippen molar-refractivity contribution >= 4 is 17.3 Å². The fraction of sp³-hybridized carbons (Fsp3) is 0.762. The van der Waals surface area contributed by atoms with Crippen LogP contribution in [0.5, 0.6) is 0 Å². The fourth-order valence-corrected chi connectivity index (χ4v) is 4.54. The van der Waals surface area contributed by atoms with Gasteiger partial charge in [0.15, 0.2) is 5.96 Å². The summed E-state index contributed by atoms with van der Waals surface area (Å²) in [4.78, 5) is 8.76. The van der Waals surface area contributed by atoms with Gasteiger partial charge < -0.3 is 19.7 Å². The summed E-state index contributed by atoms with van der Waals surface area (Å²) in [7, 11) is 0. The van der Waals surface area contributed by atoms with Crippen molar-refractivity contribution in [1.82, 2.24) is 10.2 Å². The van der Waals surface area contributed by atoms with E-state index in [0.717, 1.165) is 64.6 Å². The van der Waals surface area contributed by atoms with E-state index in [1.54, 1.807) is 0 Å². The van der Waals surface area contributed by atoms with Crippen molar-refractivity contribution in [2.24, 2.45) is 4.99 Å². The number of ether oxygens (including phenoxy) is 2. The van der Waals surface area contributed by atoms with E-state index in [0.29, 0.717) is 12.2 Å². The molecule has 0 bridgehead atoms. The Hall–Kier alpha value is -1.11. The minimum Gasteiger partial charge on any atom is -0.376 e. The Bertz CT molecular complexity index is 574. The van der Waals surface area contributed by atoms with Gasteiger partial charge in [-0.1, -0.05) is 19.9 Å². The van der Waals surface area contributed by atoms with Crippen molar-refractivity contribution < 1.29 is 9.47 Å². The second-order valence-electron chi connectivity index (χ2n) is 8.19. The molecule has 0 aliphatic carbocycles. The van der Waals surface area contributed by atoms with Crippen LogP contribution in [0.4, 0.5) is 0 Å². The standard InChI is InChI=1S/C21H35N3O2S/c1-4-22-20(23-16-21(2,3)19-8-6-14-27-19)24-11-9-17(10-12-24)26-15-18-7-5-13-25-18/h6,8,14,17-18H,4-5,7,9-13,15-16H2,1-3H3,(H,22,23). The lowest BCUT2D eigenvalue weighted by molar-refractivity contribution is -0.0367. The molecule has 1 atom stereocenters. The van der Waals surface area contributed by atoms with Crippen molar-refractivity contribution in [1.29, 1.82) is 0 Å². The van der Waals surface area contributed by atoms with Crippen molar-refractivity contribution in [2.75, 3.05) is 39.4 Å². The number of nitrogens with zero attached hydrogens (tertiary/aromatic N) is 2. The maximum absolute atomic E-state index is 6.11. The van der Waals surface area contributed by atoms with Gasteiger partial charge in [0.1, 0.15) is 0 Å². The zero-order valence-electron chi connectivity index (χ0n) is 17.1. The Morgan fingerprint density at radius 3 is 2.81 bits per heavy atom. The smallest absolute Gasteiger partial charge is 0.193 e. The Balaban J connectivity index is 1.50. The molecule has 1 N–H and O–H groups in total. The molecule has 3 rings (SSSR count). The number of likely N-dealkylation sites (tertiary alicyclic amines) is 1. The van der Waals surface area contributed by atoms with Crippen molar-refractivity contribution in [3.63, 3.8) is 0 Å². The molecular weight excluding hydrogens is 358 g/mol. The first-order chi connectivity index (χ1) is 13.1. The lowest BCUT2D eigenvalue weighted by Gasteiger charge is -2.35. The second-order valence-corrected chi connectivity index (χ2v) is 9.13. The molecule has 5 nitrogen and oxygen atoms in total. The molecule has 3 heterocycles. The molecule has 2 saturated heterocycles. The van der Waals surface area contributed by atoms with Crippen molar-refractivity contribution in [3.05, 3.63) is 22.4 Å². The minimum absolute atomic E-state index is 0.0670. The summed E-state index contributed by atoms with van der Waals surface area (Å²) in [6, 6.07) is 4.34. The maximum atomic E-state index is 6.11. The number of thiophene rings is 1. The zero-order valence-corrected chi connectivity index (χ0v) is 17.9. The number of guanidine groups is 1. The van der Waals surface area contributed by atoms with Crippen LogP contribution >= 0.6 is 11.3 Å². The zero-order chi connectivity index (χ0) is 19.1. The van der Waals surface area contributed by atoms with Gasteiger partial charge in [0.2, 0.25) is 0 Å². The predicted molar refractivity (Wildman–Crippen MR) is 113 cm³/mol. The van der Waals surface area contributed by atoms with E-state index < -0.39 is 0 Å². The van der Waals surface area contributed by atoms with E-state index >= 15 is 0 Å². The van der Waals surface area contributed by atoms with Crippen LogP contribution in [0.1, 0.15) is 51.3 Å². The SMILES string of the molecule is CCNC(=NCC(C)(C)c1cccs1)N1CCC(OCC2CCCO2)CC1. The topological polar surface area (TPSA) is 46.1 Å². The molecule has 152 valence electrons. The number of rotatable bonds is 7. The van der Waals surface area contributed by atoms with E-state index in [-0.39, 0.29) is 5.41 Å². The van der Waals surface area contributed by atoms with Gasteiger partial charge in [0.05, 0.1) is 25.4 Å². The van der Waals surface area contributed by atoms with Crippen molar-refractivity contribution in [3.8, 4) is 0 Å². The Kier molecular flexibility index (Phi) is 7.56. The molecule has 2 fully saturated rings. The van der Waals surface area contributed by atoms with Gasteiger partial charge in [-0.3, -0.25) is 4.99 Å². The molecule has 2 aliphatic rings. The van der Waals surface area contributed by atoms with Crippen LogP contribution < -0.4 is 5.32 Å². The van der Waals surface area contributed by atoms with Crippen LogP contribution in [0.3, 0.4) is 0 Å². The van der Waals surface area contributed by atoms with Crippen molar-refractivity contribution in [2.45, 2.75) is 64.1 Å². The summed E-state index contributed by atoms with van der Waals surface area (Å²) < 4.78 is 11.8. The van der Waals surface area contributed by atoms with Crippen LogP contribution in [0.2, 0.25) is 0 Å². The van der Waals surface area contributed by atoms with Gasteiger partial charge in [-0.15, -0.1) is 11.3 Å². The molecule has 1 aromatic heterocycles. The highest BCUT2D eigenvalue weighted by atomic mass is 32.1. The van der Waals surface area contributed by atoms with E-state index in [1.165, 1.54) is 11.3 Å². The first-order valence-electron chi connectivity index (χ1n) is 10.4. The highest BCUT2D eigenvalue weighted by Crippen LogP contribution is 2.28. The van der Waals surface area contributed by atoms with E-state index in [1.807, 2.05) is 11.3 Å². The molecule has 0 radical (unpaired) electrons. The molecular formula is C21H35N3O2S. The monoisotopic (exact) mass is 393 g/mol. The minimum atomic E-state index is 0.0670. The van der Waals surface area contributed by atoms with Crippen LogP contribution in [0.25, 0.3) is 0 Å². The van der Waals surface area contributed by atoms with E-state index in [9.17, 15) is 0 Å². The molecule has 0 aromatic carbocycles. The third-order valence-electron chi connectivity index (χ3n) is 5.43. The lowest BCUT2D eigenvalue weighted by Crippen LogP contribution is -2.47. The number of aliphatic imine (C=N–C) groups is 1. The average Bonchev–Trinajstić information content (AvgIpc) is 3.38. The van der Waals surface area contributed by atoms with Crippen LogP contribution in [0.15, 0.2) is 22.5 Å². The quantitative estimate of drug-likeness (QED) is 0.567.